The third kappa shape index (κ3) is 11.1. The van der Waals surface area contributed by atoms with Crippen molar-refractivity contribution in [2.45, 2.75) is 56.3 Å². The molecule has 0 aromatic heterocycles. The Kier molecular flexibility index (Phi) is 12.2. The molecule has 0 aliphatic heterocycles. The lowest BCUT2D eigenvalue weighted by Crippen LogP contribution is -2.58. The fraction of sp³-hybridized carbons (Fsp3) is 0.333. The highest BCUT2D eigenvalue weighted by molar-refractivity contribution is 5.95. The second-order valence-electron chi connectivity index (χ2n) is 9.40. The minimum Gasteiger partial charge on any atom is -0.508 e. The summed E-state index contributed by atoms with van der Waals surface area (Å²) in [4.78, 5) is 72.9. The third-order valence-corrected chi connectivity index (χ3v) is 6.01. The first-order chi connectivity index (χ1) is 19.7. The fourth-order valence-corrected chi connectivity index (χ4v) is 3.79. The maximum absolute atomic E-state index is 13.3. The van der Waals surface area contributed by atoms with Gasteiger partial charge in [-0.25, -0.2) is 4.79 Å². The molecule has 0 aliphatic rings. The molecule has 0 saturated heterocycles. The molecule has 0 saturated carbocycles. The van der Waals surface area contributed by atoms with Gasteiger partial charge in [0.25, 0.3) is 0 Å². The first-order valence-electron chi connectivity index (χ1n) is 12.6. The van der Waals surface area contributed by atoms with E-state index in [1.54, 1.807) is 0 Å². The number of carbonyl (C=O) groups excluding carboxylic acids is 3. The number of phenols is 2. The highest BCUT2D eigenvalue weighted by atomic mass is 16.4. The molecular weight excluding hydrogens is 556 g/mol. The Morgan fingerprint density at radius 2 is 1.05 bits per heavy atom. The van der Waals surface area contributed by atoms with E-state index in [4.69, 9.17) is 15.9 Å². The van der Waals surface area contributed by atoms with E-state index in [2.05, 4.69) is 16.0 Å². The van der Waals surface area contributed by atoms with E-state index in [1.807, 2.05) is 0 Å². The zero-order chi connectivity index (χ0) is 31.4. The lowest BCUT2D eigenvalue weighted by atomic mass is 10.0. The van der Waals surface area contributed by atoms with Gasteiger partial charge in [0.15, 0.2) is 0 Å². The van der Waals surface area contributed by atoms with Crippen LogP contribution in [-0.2, 0) is 41.6 Å². The number of carboxylic acids is 3. The van der Waals surface area contributed by atoms with Gasteiger partial charge in [0.05, 0.1) is 12.5 Å². The highest BCUT2D eigenvalue weighted by Gasteiger charge is 2.31. The summed E-state index contributed by atoms with van der Waals surface area (Å²) in [5, 5.41) is 53.7. The topological polar surface area (TPSA) is 266 Å². The molecule has 4 unspecified atom stereocenters. The summed E-state index contributed by atoms with van der Waals surface area (Å²) < 4.78 is 0. The van der Waals surface area contributed by atoms with Crippen LogP contribution in [-0.4, -0.2) is 85.3 Å². The molecule has 15 nitrogen and oxygen atoms in total. The lowest BCUT2D eigenvalue weighted by Gasteiger charge is -2.25. The van der Waals surface area contributed by atoms with Crippen molar-refractivity contribution in [2.75, 3.05) is 0 Å². The van der Waals surface area contributed by atoms with Crippen LogP contribution in [0.25, 0.3) is 0 Å². The number of hydrogen-bond acceptors (Lipinski definition) is 9. The first-order valence-corrected chi connectivity index (χ1v) is 12.6. The minimum absolute atomic E-state index is 0.0419. The Hall–Kier alpha value is -5.18. The number of nitrogens with two attached hydrogens (primary N) is 1. The van der Waals surface area contributed by atoms with Crippen LogP contribution in [0.3, 0.4) is 0 Å². The van der Waals surface area contributed by atoms with Crippen LogP contribution in [0.1, 0.15) is 30.4 Å². The number of aliphatic carboxylic acids is 3. The lowest BCUT2D eigenvalue weighted by molar-refractivity contribution is -0.142. The molecule has 0 fully saturated rings. The number of amides is 3. The summed E-state index contributed by atoms with van der Waals surface area (Å²) in [6.07, 6.45) is -2.13. The molecule has 0 heterocycles. The number of benzene rings is 2. The summed E-state index contributed by atoms with van der Waals surface area (Å²) >= 11 is 0. The largest absolute Gasteiger partial charge is 0.508 e. The van der Waals surface area contributed by atoms with Gasteiger partial charge in [-0.2, -0.15) is 0 Å². The van der Waals surface area contributed by atoms with E-state index in [1.165, 1.54) is 48.5 Å². The van der Waals surface area contributed by atoms with Crippen LogP contribution in [0, 0.1) is 0 Å². The predicted octanol–water partition coefficient (Wildman–Crippen LogP) is -0.911. The number of nitrogens with one attached hydrogen (secondary N) is 3. The normalized spacial score (nSPS) is 13.5. The van der Waals surface area contributed by atoms with Crippen LogP contribution < -0.4 is 21.7 Å². The average Bonchev–Trinajstić information content (AvgIpc) is 2.91. The Bertz CT molecular complexity index is 1280. The first kappa shape index (κ1) is 33.0. The van der Waals surface area contributed by atoms with Crippen molar-refractivity contribution in [3.05, 3.63) is 59.7 Å². The average molecular weight is 589 g/mol. The molecule has 0 bridgehead atoms. The SMILES string of the molecule is NC(CC(=O)O)C(=O)NC(CCC(=O)O)C(=O)NC(Cc1ccc(O)cc1)C(=O)NC(Cc1ccc(O)cc1)C(=O)O. The predicted molar refractivity (Wildman–Crippen MR) is 144 cm³/mol. The molecule has 0 spiro atoms. The summed E-state index contributed by atoms with van der Waals surface area (Å²) in [5.74, 6) is -7.14. The summed E-state index contributed by atoms with van der Waals surface area (Å²) in [5.41, 5.74) is 6.48. The number of carboxylic acid groups (broad SMARTS) is 3. The number of hydrogen-bond donors (Lipinski definition) is 9. The number of rotatable bonds is 16. The summed E-state index contributed by atoms with van der Waals surface area (Å²) in [6, 6.07) is 5.26. The van der Waals surface area contributed by atoms with Crippen LogP contribution in [0.2, 0.25) is 0 Å². The monoisotopic (exact) mass is 588 g/mol. The number of phenolic OH excluding ortho intramolecular Hbond substituents is 2. The quantitative estimate of drug-likeness (QED) is 0.115. The zero-order valence-electron chi connectivity index (χ0n) is 22.2. The maximum atomic E-state index is 13.3. The number of aromatic hydroxyl groups is 2. The molecule has 2 aromatic rings. The van der Waals surface area contributed by atoms with Crippen molar-refractivity contribution in [1.29, 1.82) is 0 Å². The molecule has 226 valence electrons. The Morgan fingerprint density at radius 1 is 0.619 bits per heavy atom. The molecule has 42 heavy (non-hydrogen) atoms. The van der Waals surface area contributed by atoms with Crippen molar-refractivity contribution in [1.82, 2.24) is 16.0 Å². The molecule has 10 N–H and O–H groups in total. The van der Waals surface area contributed by atoms with Crippen LogP contribution in [0.15, 0.2) is 48.5 Å². The van der Waals surface area contributed by atoms with E-state index >= 15 is 0 Å². The van der Waals surface area contributed by atoms with Gasteiger partial charge in [-0.15, -0.1) is 0 Å². The van der Waals surface area contributed by atoms with Crippen molar-refractivity contribution in [3.8, 4) is 11.5 Å². The van der Waals surface area contributed by atoms with E-state index in [0.717, 1.165) is 0 Å². The van der Waals surface area contributed by atoms with E-state index < -0.39 is 79.1 Å². The van der Waals surface area contributed by atoms with Gasteiger partial charge in [-0.1, -0.05) is 24.3 Å². The highest BCUT2D eigenvalue weighted by Crippen LogP contribution is 2.14. The number of carbonyl (C=O) groups is 6. The van der Waals surface area contributed by atoms with Crippen molar-refractivity contribution < 1.29 is 54.3 Å². The molecule has 0 radical (unpaired) electrons. The molecule has 3 amide bonds. The second kappa shape index (κ2) is 15.6. The fourth-order valence-electron chi connectivity index (χ4n) is 3.79. The van der Waals surface area contributed by atoms with Crippen molar-refractivity contribution in [2.24, 2.45) is 5.73 Å². The summed E-state index contributed by atoms with van der Waals surface area (Å²) in [6.45, 7) is 0. The zero-order valence-corrected chi connectivity index (χ0v) is 22.2. The van der Waals surface area contributed by atoms with Gasteiger partial charge in [0.1, 0.15) is 29.6 Å². The van der Waals surface area contributed by atoms with Gasteiger partial charge in [-0.3, -0.25) is 24.0 Å². The van der Waals surface area contributed by atoms with Gasteiger partial charge < -0.3 is 47.2 Å². The molecule has 15 heteroatoms. The Morgan fingerprint density at radius 3 is 1.50 bits per heavy atom. The van der Waals surface area contributed by atoms with Gasteiger partial charge >= 0.3 is 17.9 Å². The van der Waals surface area contributed by atoms with Gasteiger partial charge in [-0.05, 0) is 41.8 Å². The standard InChI is InChI=1S/C27H32N4O11/c28-18(13-23(36)37)24(38)29-19(9-10-22(34)35)25(39)30-20(11-14-1-5-16(32)6-2-14)26(40)31-21(27(41)42)12-15-3-7-17(33)8-4-15/h1-8,18-21,32-33H,9-13,28H2,(H,29,38)(H,30,39)(H,31,40)(H,34,35)(H,36,37)(H,41,42). The Labute approximate surface area is 239 Å². The van der Waals surface area contributed by atoms with Gasteiger partial charge in [0, 0.05) is 19.3 Å². The summed E-state index contributed by atoms with van der Waals surface area (Å²) in [7, 11) is 0. The molecule has 4 atom stereocenters. The van der Waals surface area contributed by atoms with E-state index in [-0.39, 0.29) is 24.3 Å². The molecule has 2 aromatic carbocycles. The second-order valence-corrected chi connectivity index (χ2v) is 9.40. The molecule has 2 rings (SSSR count). The maximum Gasteiger partial charge on any atom is 0.326 e. The third-order valence-electron chi connectivity index (χ3n) is 6.01. The van der Waals surface area contributed by atoms with E-state index in [9.17, 15) is 44.1 Å². The van der Waals surface area contributed by atoms with E-state index in [0.29, 0.717) is 11.1 Å². The van der Waals surface area contributed by atoms with Crippen LogP contribution >= 0.6 is 0 Å². The molecular formula is C27H32N4O11. The van der Waals surface area contributed by atoms with Crippen molar-refractivity contribution in [3.63, 3.8) is 0 Å². The minimum atomic E-state index is -1.55. The van der Waals surface area contributed by atoms with Crippen LogP contribution in [0.4, 0.5) is 0 Å². The van der Waals surface area contributed by atoms with Crippen molar-refractivity contribution >= 4 is 35.6 Å². The molecule has 0 aliphatic carbocycles. The van der Waals surface area contributed by atoms with Crippen LogP contribution in [0.5, 0.6) is 11.5 Å². The smallest absolute Gasteiger partial charge is 0.326 e. The van der Waals surface area contributed by atoms with Gasteiger partial charge in [0.2, 0.25) is 17.7 Å². The Balaban J connectivity index is 2.29.